The van der Waals surface area contributed by atoms with Gasteiger partial charge in [-0.1, -0.05) is 0 Å². The normalized spacial score (nSPS) is 16.6. The number of carbonyl (C=O) groups excluding carboxylic acids is 1. The number of carbonyl (C=O) groups is 1. The van der Waals surface area contributed by atoms with Crippen molar-refractivity contribution >= 4 is 21.6 Å². The van der Waals surface area contributed by atoms with Crippen LogP contribution in [0.5, 0.6) is 0 Å². The average molecular weight is 325 g/mol. The summed E-state index contributed by atoms with van der Waals surface area (Å²) in [5.41, 5.74) is 1.18. The van der Waals surface area contributed by atoms with Crippen LogP contribution in [0.1, 0.15) is 17.3 Å². The molecule has 0 spiro atoms. The molecule has 1 fully saturated rings. The number of benzene rings is 1. The minimum atomic E-state index is -3.30. The molecule has 0 bridgehead atoms. The van der Waals surface area contributed by atoms with Crippen LogP contribution in [0.4, 0.5) is 5.69 Å². The molecule has 0 aliphatic carbocycles. The largest absolute Gasteiger partial charge is 0.336 e. The summed E-state index contributed by atoms with van der Waals surface area (Å²) in [6.07, 6.45) is 1.18. The molecule has 1 amide bonds. The van der Waals surface area contributed by atoms with Gasteiger partial charge in [0.05, 0.1) is 11.9 Å². The molecule has 6 nitrogen and oxygen atoms in total. The highest BCUT2D eigenvalue weighted by atomic mass is 32.2. The van der Waals surface area contributed by atoms with Crippen LogP contribution in [0.15, 0.2) is 24.3 Å². The van der Waals surface area contributed by atoms with E-state index >= 15 is 0 Å². The summed E-state index contributed by atoms with van der Waals surface area (Å²) in [5, 5.41) is 0. The number of piperazine rings is 1. The summed E-state index contributed by atoms with van der Waals surface area (Å²) >= 11 is 0. The molecule has 0 saturated carbocycles. The van der Waals surface area contributed by atoms with Gasteiger partial charge in [-0.2, -0.15) is 0 Å². The zero-order valence-electron chi connectivity index (χ0n) is 13.3. The van der Waals surface area contributed by atoms with E-state index in [-0.39, 0.29) is 5.91 Å². The van der Waals surface area contributed by atoms with Crippen LogP contribution >= 0.6 is 0 Å². The zero-order chi connectivity index (χ0) is 16.3. The van der Waals surface area contributed by atoms with Crippen molar-refractivity contribution in [3.05, 3.63) is 29.8 Å². The molecule has 1 heterocycles. The van der Waals surface area contributed by atoms with Crippen molar-refractivity contribution in [1.29, 1.82) is 0 Å². The lowest BCUT2D eigenvalue weighted by Gasteiger charge is -2.32. The number of nitrogens with zero attached hydrogens (tertiary/aromatic N) is 3. The molecule has 122 valence electrons. The Bertz CT molecular complexity index is 620. The second-order valence-corrected chi connectivity index (χ2v) is 7.48. The Morgan fingerprint density at radius 2 is 1.68 bits per heavy atom. The van der Waals surface area contributed by atoms with Crippen molar-refractivity contribution in [2.45, 2.75) is 6.92 Å². The van der Waals surface area contributed by atoms with Gasteiger partial charge in [0.15, 0.2) is 0 Å². The molecule has 0 N–H and O–H groups in total. The van der Waals surface area contributed by atoms with Crippen molar-refractivity contribution < 1.29 is 13.2 Å². The van der Waals surface area contributed by atoms with Crippen molar-refractivity contribution in [2.24, 2.45) is 0 Å². The lowest BCUT2D eigenvalue weighted by Crippen LogP contribution is -2.47. The van der Waals surface area contributed by atoms with Crippen molar-refractivity contribution in [3.8, 4) is 0 Å². The first-order valence-electron chi connectivity index (χ1n) is 7.38. The van der Waals surface area contributed by atoms with Gasteiger partial charge in [-0.25, -0.2) is 8.42 Å². The van der Waals surface area contributed by atoms with E-state index < -0.39 is 10.0 Å². The number of anilines is 1. The summed E-state index contributed by atoms with van der Waals surface area (Å²) in [7, 11) is -1.25. The minimum absolute atomic E-state index is 0.00190. The van der Waals surface area contributed by atoms with Crippen molar-refractivity contribution in [2.75, 3.05) is 50.3 Å². The summed E-state index contributed by atoms with van der Waals surface area (Å²) in [4.78, 5) is 16.5. The lowest BCUT2D eigenvalue weighted by atomic mass is 10.1. The van der Waals surface area contributed by atoms with Gasteiger partial charge in [-0.15, -0.1) is 0 Å². The van der Waals surface area contributed by atoms with Gasteiger partial charge < -0.3 is 9.80 Å². The fraction of sp³-hybridized carbons (Fsp3) is 0.533. The third-order valence-corrected chi connectivity index (χ3v) is 5.15. The summed E-state index contributed by atoms with van der Waals surface area (Å²) < 4.78 is 24.7. The Morgan fingerprint density at radius 3 is 2.14 bits per heavy atom. The van der Waals surface area contributed by atoms with E-state index in [0.29, 0.717) is 17.8 Å². The van der Waals surface area contributed by atoms with Gasteiger partial charge in [0.25, 0.3) is 5.91 Å². The Morgan fingerprint density at radius 1 is 1.14 bits per heavy atom. The van der Waals surface area contributed by atoms with E-state index in [1.807, 2.05) is 11.9 Å². The monoisotopic (exact) mass is 325 g/mol. The fourth-order valence-electron chi connectivity index (χ4n) is 2.57. The predicted octanol–water partition coefficient (Wildman–Crippen LogP) is 0.860. The Kier molecular flexibility index (Phi) is 5.08. The molecule has 0 aromatic heterocycles. The first-order valence-corrected chi connectivity index (χ1v) is 9.23. The molecule has 1 aliphatic heterocycles. The number of amides is 1. The number of sulfonamides is 1. The topological polar surface area (TPSA) is 60.9 Å². The highest BCUT2D eigenvalue weighted by Crippen LogP contribution is 2.19. The molecule has 1 aromatic rings. The van der Waals surface area contributed by atoms with E-state index in [9.17, 15) is 13.2 Å². The second kappa shape index (κ2) is 6.66. The minimum Gasteiger partial charge on any atom is -0.336 e. The van der Waals surface area contributed by atoms with Crippen LogP contribution < -0.4 is 4.31 Å². The Hall–Kier alpha value is -1.60. The number of hydrogen-bond donors (Lipinski definition) is 0. The third kappa shape index (κ3) is 3.78. The lowest BCUT2D eigenvalue weighted by molar-refractivity contribution is 0.0664. The standard InChI is InChI=1S/C15H23N3O3S/c1-4-18(22(3,20)21)14-7-5-13(6-8-14)15(19)17-11-9-16(2)10-12-17/h5-8H,4,9-12H2,1-3H3. The molecule has 0 unspecified atom stereocenters. The Labute approximate surface area is 132 Å². The molecule has 1 aliphatic rings. The van der Waals surface area contributed by atoms with Crippen molar-refractivity contribution in [3.63, 3.8) is 0 Å². The first kappa shape index (κ1) is 16.8. The highest BCUT2D eigenvalue weighted by Gasteiger charge is 2.21. The highest BCUT2D eigenvalue weighted by molar-refractivity contribution is 7.92. The zero-order valence-corrected chi connectivity index (χ0v) is 14.1. The number of rotatable bonds is 4. The quantitative estimate of drug-likeness (QED) is 0.824. The van der Waals surface area contributed by atoms with Crippen LogP contribution in [-0.4, -0.2) is 70.2 Å². The van der Waals surface area contributed by atoms with Crippen LogP contribution in [0, 0.1) is 0 Å². The number of likely N-dealkylation sites (N-methyl/N-ethyl adjacent to an activating group) is 1. The van der Waals surface area contributed by atoms with E-state index in [4.69, 9.17) is 0 Å². The van der Waals surface area contributed by atoms with Gasteiger partial charge in [0.1, 0.15) is 0 Å². The van der Waals surface area contributed by atoms with Gasteiger partial charge in [-0.3, -0.25) is 9.10 Å². The van der Waals surface area contributed by atoms with Crippen LogP contribution in [0.2, 0.25) is 0 Å². The molecular weight excluding hydrogens is 302 g/mol. The van der Waals surface area contributed by atoms with Crippen LogP contribution in [0.25, 0.3) is 0 Å². The molecule has 7 heteroatoms. The molecule has 1 saturated heterocycles. The molecule has 1 aromatic carbocycles. The van der Waals surface area contributed by atoms with Gasteiger partial charge in [0, 0.05) is 38.3 Å². The summed E-state index contributed by atoms with van der Waals surface area (Å²) in [6, 6.07) is 6.77. The van der Waals surface area contributed by atoms with Crippen LogP contribution in [-0.2, 0) is 10.0 Å². The third-order valence-electron chi connectivity index (χ3n) is 3.88. The Balaban J connectivity index is 2.13. The van der Waals surface area contributed by atoms with Gasteiger partial charge in [-0.05, 0) is 38.2 Å². The second-order valence-electron chi connectivity index (χ2n) is 5.57. The maximum Gasteiger partial charge on any atom is 0.253 e. The van der Waals surface area contributed by atoms with Gasteiger partial charge >= 0.3 is 0 Å². The molecule has 0 radical (unpaired) electrons. The SMILES string of the molecule is CCN(c1ccc(C(=O)N2CCN(C)CC2)cc1)S(C)(=O)=O. The van der Waals surface area contributed by atoms with E-state index in [1.165, 1.54) is 10.6 Å². The number of hydrogen-bond acceptors (Lipinski definition) is 4. The smallest absolute Gasteiger partial charge is 0.253 e. The van der Waals surface area contributed by atoms with E-state index in [2.05, 4.69) is 4.90 Å². The van der Waals surface area contributed by atoms with Crippen molar-refractivity contribution in [1.82, 2.24) is 9.80 Å². The fourth-order valence-corrected chi connectivity index (χ4v) is 3.54. The maximum absolute atomic E-state index is 12.4. The average Bonchev–Trinajstić information content (AvgIpc) is 2.47. The molecular formula is C15H23N3O3S. The molecule has 22 heavy (non-hydrogen) atoms. The van der Waals surface area contributed by atoms with E-state index in [0.717, 1.165) is 26.2 Å². The summed E-state index contributed by atoms with van der Waals surface area (Å²) in [5.74, 6) is 0.00190. The molecule has 0 atom stereocenters. The van der Waals surface area contributed by atoms with Gasteiger partial charge in [0.2, 0.25) is 10.0 Å². The van der Waals surface area contributed by atoms with Crippen LogP contribution in [0.3, 0.4) is 0 Å². The predicted molar refractivity (Wildman–Crippen MR) is 87.7 cm³/mol. The van der Waals surface area contributed by atoms with E-state index in [1.54, 1.807) is 31.2 Å². The first-order chi connectivity index (χ1) is 10.3. The summed E-state index contributed by atoms with van der Waals surface area (Å²) in [6.45, 7) is 5.35. The maximum atomic E-state index is 12.4. The molecule has 2 rings (SSSR count).